The summed E-state index contributed by atoms with van der Waals surface area (Å²) in [4.78, 5) is 15.3. The molecule has 0 bridgehead atoms. The van der Waals surface area contributed by atoms with E-state index in [2.05, 4.69) is 45.2 Å². The zero-order chi connectivity index (χ0) is 12.7. The summed E-state index contributed by atoms with van der Waals surface area (Å²) in [7, 11) is 1.96. The minimum atomic E-state index is -0.0629. The van der Waals surface area contributed by atoms with E-state index >= 15 is 0 Å². The second-order valence-electron chi connectivity index (χ2n) is 4.91. The molecule has 0 radical (unpaired) electrons. The number of carbonyl (C=O) groups is 1. The number of thiol groups is 1. The quantitative estimate of drug-likeness (QED) is 0.662. The van der Waals surface area contributed by atoms with Crippen molar-refractivity contribution in [2.24, 2.45) is 0 Å². The minimum Gasteiger partial charge on any atom is -0.298 e. The van der Waals surface area contributed by atoms with E-state index in [-0.39, 0.29) is 5.12 Å². The van der Waals surface area contributed by atoms with Gasteiger partial charge >= 0.3 is 0 Å². The Morgan fingerprint density at radius 2 is 1.62 bits per heavy atom. The van der Waals surface area contributed by atoms with Crippen molar-refractivity contribution in [2.75, 3.05) is 26.7 Å². The largest absolute Gasteiger partial charge is 0.298 e. The predicted octanol–water partition coefficient (Wildman–Crippen LogP) is 1.88. The van der Waals surface area contributed by atoms with E-state index in [4.69, 9.17) is 0 Å². The van der Waals surface area contributed by atoms with Crippen molar-refractivity contribution < 1.29 is 4.79 Å². The Hall–Kier alpha value is -0.0600. The monoisotopic (exact) mass is 246 g/mol. The number of rotatable bonds is 8. The van der Waals surface area contributed by atoms with E-state index in [1.165, 1.54) is 0 Å². The Morgan fingerprint density at radius 3 is 2.00 bits per heavy atom. The van der Waals surface area contributed by atoms with Crippen LogP contribution in [0.3, 0.4) is 0 Å². The van der Waals surface area contributed by atoms with Crippen molar-refractivity contribution in [3.05, 3.63) is 0 Å². The highest BCUT2D eigenvalue weighted by molar-refractivity contribution is 7.96. The SMILES string of the molecule is CC(C)N(CCCN(C)CC(=O)S)C(C)C. The van der Waals surface area contributed by atoms with Gasteiger partial charge in [0.25, 0.3) is 0 Å². The van der Waals surface area contributed by atoms with Crippen LogP contribution < -0.4 is 0 Å². The summed E-state index contributed by atoms with van der Waals surface area (Å²) in [6, 6.07) is 1.16. The topological polar surface area (TPSA) is 23.6 Å². The molecule has 0 aromatic heterocycles. The molecule has 16 heavy (non-hydrogen) atoms. The first-order valence-electron chi connectivity index (χ1n) is 6.00. The molecule has 0 saturated carbocycles. The maximum absolute atomic E-state index is 10.8. The molecule has 0 aliphatic carbocycles. The van der Waals surface area contributed by atoms with Gasteiger partial charge in [0, 0.05) is 12.1 Å². The molecular formula is C12H26N2OS. The molecule has 96 valence electrons. The Labute approximate surface area is 106 Å². The fraction of sp³-hybridized carbons (Fsp3) is 0.917. The van der Waals surface area contributed by atoms with Crippen molar-refractivity contribution in [1.82, 2.24) is 9.80 Å². The standard InChI is InChI=1S/C12H26N2OS/c1-10(2)14(11(3)4)8-6-7-13(5)9-12(15)16/h10-11H,6-9H2,1-5H3,(H,15,16). The van der Waals surface area contributed by atoms with E-state index in [1.807, 2.05) is 11.9 Å². The second kappa shape index (κ2) is 8.09. The normalized spacial score (nSPS) is 12.1. The van der Waals surface area contributed by atoms with E-state index < -0.39 is 0 Å². The van der Waals surface area contributed by atoms with Crippen LogP contribution in [-0.4, -0.2) is 53.7 Å². The lowest BCUT2D eigenvalue weighted by Crippen LogP contribution is -2.39. The summed E-state index contributed by atoms with van der Waals surface area (Å²) in [6.45, 7) is 11.4. The molecule has 0 saturated heterocycles. The molecule has 0 amide bonds. The summed E-state index contributed by atoms with van der Waals surface area (Å²) < 4.78 is 0. The van der Waals surface area contributed by atoms with E-state index in [1.54, 1.807) is 0 Å². The van der Waals surface area contributed by atoms with Crippen LogP contribution in [0.25, 0.3) is 0 Å². The number of carbonyl (C=O) groups excluding carboxylic acids is 1. The molecule has 0 unspecified atom stereocenters. The molecule has 0 spiro atoms. The molecule has 3 nitrogen and oxygen atoms in total. The molecule has 0 aliphatic rings. The molecule has 0 aromatic rings. The van der Waals surface area contributed by atoms with Gasteiger partial charge in [-0.2, -0.15) is 0 Å². The fourth-order valence-corrected chi connectivity index (χ4v) is 2.19. The summed E-state index contributed by atoms with van der Waals surface area (Å²) in [6.07, 6.45) is 1.09. The number of hydrogen-bond acceptors (Lipinski definition) is 3. The van der Waals surface area contributed by atoms with Crippen molar-refractivity contribution >= 4 is 17.7 Å². The maximum Gasteiger partial charge on any atom is 0.199 e. The highest BCUT2D eigenvalue weighted by Crippen LogP contribution is 2.06. The van der Waals surface area contributed by atoms with Gasteiger partial charge in [0.1, 0.15) is 0 Å². The van der Waals surface area contributed by atoms with Crippen LogP contribution in [0, 0.1) is 0 Å². The van der Waals surface area contributed by atoms with Crippen LogP contribution >= 0.6 is 12.6 Å². The first kappa shape index (κ1) is 15.9. The molecule has 0 aromatic carbocycles. The van der Waals surface area contributed by atoms with Gasteiger partial charge in [-0.1, -0.05) is 0 Å². The lowest BCUT2D eigenvalue weighted by Gasteiger charge is -2.31. The highest BCUT2D eigenvalue weighted by atomic mass is 32.1. The molecule has 4 heteroatoms. The zero-order valence-corrected chi connectivity index (χ0v) is 12.1. The average Bonchev–Trinajstić information content (AvgIpc) is 2.09. The van der Waals surface area contributed by atoms with Gasteiger partial charge in [-0.15, -0.1) is 12.6 Å². The Balaban J connectivity index is 3.82. The van der Waals surface area contributed by atoms with Gasteiger partial charge in [-0.25, -0.2) is 0 Å². The number of likely N-dealkylation sites (N-methyl/N-ethyl adjacent to an activating group) is 1. The molecule has 0 aliphatic heterocycles. The summed E-state index contributed by atoms with van der Waals surface area (Å²) in [5.74, 6) is 0. The summed E-state index contributed by atoms with van der Waals surface area (Å²) >= 11 is 3.77. The third-order valence-electron chi connectivity index (χ3n) is 2.69. The maximum atomic E-state index is 10.8. The zero-order valence-electron chi connectivity index (χ0n) is 11.2. The van der Waals surface area contributed by atoms with E-state index in [0.717, 1.165) is 19.5 Å². The Bertz CT molecular complexity index is 199. The molecule has 0 heterocycles. The van der Waals surface area contributed by atoms with E-state index in [9.17, 15) is 4.79 Å². The van der Waals surface area contributed by atoms with Crippen LogP contribution in [0.5, 0.6) is 0 Å². The van der Waals surface area contributed by atoms with Gasteiger partial charge in [-0.05, 0) is 54.3 Å². The van der Waals surface area contributed by atoms with Crippen LogP contribution in [0.4, 0.5) is 0 Å². The lowest BCUT2D eigenvalue weighted by atomic mass is 10.2. The van der Waals surface area contributed by atoms with Crippen LogP contribution in [0.1, 0.15) is 34.1 Å². The summed E-state index contributed by atoms with van der Waals surface area (Å²) in [5.41, 5.74) is 0. The van der Waals surface area contributed by atoms with Crippen molar-refractivity contribution in [1.29, 1.82) is 0 Å². The van der Waals surface area contributed by atoms with Gasteiger partial charge < -0.3 is 0 Å². The predicted molar refractivity (Wildman–Crippen MR) is 73.1 cm³/mol. The highest BCUT2D eigenvalue weighted by Gasteiger charge is 2.12. The van der Waals surface area contributed by atoms with Gasteiger partial charge in [0.15, 0.2) is 5.12 Å². The van der Waals surface area contributed by atoms with Crippen molar-refractivity contribution in [3.8, 4) is 0 Å². The molecule has 0 rings (SSSR count). The first-order valence-corrected chi connectivity index (χ1v) is 6.45. The number of nitrogens with zero attached hydrogens (tertiary/aromatic N) is 2. The summed E-state index contributed by atoms with van der Waals surface area (Å²) in [5, 5.41) is -0.0629. The minimum absolute atomic E-state index is 0.0629. The van der Waals surface area contributed by atoms with E-state index in [0.29, 0.717) is 18.6 Å². The van der Waals surface area contributed by atoms with Crippen molar-refractivity contribution in [3.63, 3.8) is 0 Å². The average molecular weight is 246 g/mol. The molecule has 0 N–H and O–H groups in total. The van der Waals surface area contributed by atoms with Crippen molar-refractivity contribution in [2.45, 2.75) is 46.2 Å². The van der Waals surface area contributed by atoms with Gasteiger partial charge in [0.05, 0.1) is 6.54 Å². The van der Waals surface area contributed by atoms with Crippen LogP contribution in [0.2, 0.25) is 0 Å². The Kier molecular flexibility index (Phi) is 8.06. The third kappa shape index (κ3) is 7.25. The molecule has 0 fully saturated rings. The first-order chi connectivity index (χ1) is 7.34. The van der Waals surface area contributed by atoms with Gasteiger partial charge in [0.2, 0.25) is 0 Å². The lowest BCUT2D eigenvalue weighted by molar-refractivity contribution is -0.111. The second-order valence-corrected chi connectivity index (χ2v) is 5.41. The fourth-order valence-electron chi connectivity index (χ4n) is 1.95. The number of hydrogen-bond donors (Lipinski definition) is 1. The molecule has 0 atom stereocenters. The smallest absolute Gasteiger partial charge is 0.199 e. The third-order valence-corrected chi connectivity index (χ3v) is 2.83. The van der Waals surface area contributed by atoms with Gasteiger partial charge in [-0.3, -0.25) is 14.6 Å². The van der Waals surface area contributed by atoms with Crippen LogP contribution in [0.15, 0.2) is 0 Å². The Morgan fingerprint density at radius 1 is 1.12 bits per heavy atom. The van der Waals surface area contributed by atoms with Crippen LogP contribution in [-0.2, 0) is 4.79 Å². The molecular weight excluding hydrogens is 220 g/mol.